The van der Waals surface area contributed by atoms with E-state index in [-0.39, 0.29) is 5.82 Å². The van der Waals surface area contributed by atoms with Crippen LogP contribution < -0.4 is 0 Å². The predicted octanol–water partition coefficient (Wildman–Crippen LogP) is 3.60. The van der Waals surface area contributed by atoms with Crippen LogP contribution in [-0.2, 0) is 12.8 Å². The lowest BCUT2D eigenvalue weighted by Crippen LogP contribution is -1.99. The largest absolute Gasteiger partial charge is 0.207 e. The van der Waals surface area contributed by atoms with E-state index in [1.54, 1.807) is 0 Å². The summed E-state index contributed by atoms with van der Waals surface area (Å²) in [5, 5.41) is 8.76. The van der Waals surface area contributed by atoms with Gasteiger partial charge in [0.1, 0.15) is 5.82 Å². The number of benzene rings is 1. The minimum atomic E-state index is -0.223. The number of rotatable bonds is 4. The maximum atomic E-state index is 13.7. The molecule has 0 bridgehead atoms. The molecule has 0 aliphatic carbocycles. The van der Waals surface area contributed by atoms with Crippen molar-refractivity contribution in [1.82, 2.24) is 0 Å². The normalized spacial score (nSPS) is 10.0. The second-order valence-electron chi connectivity index (χ2n) is 3.71. The van der Waals surface area contributed by atoms with Crippen LogP contribution >= 0.6 is 0 Å². The third kappa shape index (κ3) is 2.79. The number of halogens is 1. The molecule has 0 spiro atoms. The highest BCUT2D eigenvalue weighted by atomic mass is 19.1. The van der Waals surface area contributed by atoms with Crippen LogP contribution in [0.1, 0.15) is 43.4 Å². The summed E-state index contributed by atoms with van der Waals surface area (Å²) >= 11 is 0. The van der Waals surface area contributed by atoms with E-state index in [9.17, 15) is 4.39 Å². The highest BCUT2D eigenvalue weighted by molar-refractivity contribution is 5.39. The average Bonchev–Trinajstić information content (AvgIpc) is 2.23. The van der Waals surface area contributed by atoms with Gasteiger partial charge in [0, 0.05) is 0 Å². The summed E-state index contributed by atoms with van der Waals surface area (Å²) in [5.74, 6) is -0.223. The fraction of sp³-hybridized carbons (Fsp3) is 0.462. The lowest BCUT2D eigenvalue weighted by Gasteiger charge is -2.09. The van der Waals surface area contributed by atoms with Crippen molar-refractivity contribution < 1.29 is 4.39 Å². The van der Waals surface area contributed by atoms with Gasteiger partial charge in [-0.3, -0.25) is 0 Å². The Kier molecular flexibility index (Phi) is 4.30. The first kappa shape index (κ1) is 11.7. The summed E-state index contributed by atoms with van der Waals surface area (Å²) in [4.78, 5) is 0. The zero-order chi connectivity index (χ0) is 11.3. The van der Waals surface area contributed by atoms with Crippen LogP contribution in [0.3, 0.4) is 0 Å². The molecule has 15 heavy (non-hydrogen) atoms. The van der Waals surface area contributed by atoms with Crippen molar-refractivity contribution in [2.75, 3.05) is 0 Å². The van der Waals surface area contributed by atoms with Crippen molar-refractivity contribution in [1.29, 1.82) is 5.26 Å². The minimum Gasteiger partial charge on any atom is -0.207 e. The molecule has 1 rings (SSSR count). The SMILES string of the molecule is CCCc1cc(C#N)cc(F)c1CCC. The number of nitrogens with zero attached hydrogens (tertiary/aromatic N) is 1. The lowest BCUT2D eigenvalue weighted by atomic mass is 9.97. The quantitative estimate of drug-likeness (QED) is 0.736. The van der Waals surface area contributed by atoms with Crippen molar-refractivity contribution >= 4 is 0 Å². The standard InChI is InChI=1S/C13H16FN/c1-3-5-11-7-10(9-15)8-13(14)12(11)6-4-2/h7-8H,3-6H2,1-2H3. The second kappa shape index (κ2) is 5.50. The number of hydrogen-bond acceptors (Lipinski definition) is 1. The van der Waals surface area contributed by atoms with Gasteiger partial charge >= 0.3 is 0 Å². The zero-order valence-electron chi connectivity index (χ0n) is 9.31. The number of nitriles is 1. The Morgan fingerprint density at radius 1 is 1.20 bits per heavy atom. The Morgan fingerprint density at radius 3 is 2.40 bits per heavy atom. The zero-order valence-corrected chi connectivity index (χ0v) is 9.31. The second-order valence-corrected chi connectivity index (χ2v) is 3.71. The summed E-state index contributed by atoms with van der Waals surface area (Å²) in [6.45, 7) is 4.10. The molecule has 1 aromatic rings. The summed E-state index contributed by atoms with van der Waals surface area (Å²) in [6, 6.07) is 5.15. The lowest BCUT2D eigenvalue weighted by molar-refractivity contribution is 0.602. The van der Waals surface area contributed by atoms with Gasteiger partial charge in [-0.15, -0.1) is 0 Å². The molecule has 2 heteroatoms. The van der Waals surface area contributed by atoms with Crippen LogP contribution in [0.5, 0.6) is 0 Å². The summed E-state index contributed by atoms with van der Waals surface area (Å²) in [6.07, 6.45) is 3.51. The van der Waals surface area contributed by atoms with Crippen molar-refractivity contribution in [3.8, 4) is 6.07 Å². The van der Waals surface area contributed by atoms with Gasteiger partial charge < -0.3 is 0 Å². The molecule has 0 saturated heterocycles. The minimum absolute atomic E-state index is 0.223. The first-order chi connectivity index (χ1) is 7.22. The molecular weight excluding hydrogens is 189 g/mol. The average molecular weight is 205 g/mol. The van der Waals surface area contributed by atoms with E-state index in [2.05, 4.69) is 6.92 Å². The van der Waals surface area contributed by atoms with Gasteiger partial charge in [0.15, 0.2) is 0 Å². The van der Waals surface area contributed by atoms with Crippen LogP contribution in [0.25, 0.3) is 0 Å². The van der Waals surface area contributed by atoms with E-state index in [0.29, 0.717) is 5.56 Å². The molecule has 0 unspecified atom stereocenters. The maximum absolute atomic E-state index is 13.7. The highest BCUT2D eigenvalue weighted by Gasteiger charge is 2.09. The fourth-order valence-corrected chi connectivity index (χ4v) is 1.78. The van der Waals surface area contributed by atoms with E-state index in [1.165, 1.54) is 6.07 Å². The third-order valence-electron chi connectivity index (χ3n) is 2.44. The fourth-order valence-electron chi connectivity index (χ4n) is 1.78. The molecule has 0 aliphatic rings. The van der Waals surface area contributed by atoms with Crippen molar-refractivity contribution in [2.45, 2.75) is 39.5 Å². The molecule has 0 atom stereocenters. The molecule has 0 amide bonds. The van der Waals surface area contributed by atoms with Crippen LogP contribution in [0.4, 0.5) is 4.39 Å². The molecule has 0 N–H and O–H groups in total. The van der Waals surface area contributed by atoms with Crippen LogP contribution in [0.15, 0.2) is 12.1 Å². The molecule has 0 fully saturated rings. The van der Waals surface area contributed by atoms with Gasteiger partial charge in [-0.05, 0) is 36.1 Å². The molecule has 0 radical (unpaired) electrons. The molecule has 0 aromatic heterocycles. The first-order valence-corrected chi connectivity index (χ1v) is 5.44. The Balaban J connectivity index is 3.17. The molecule has 1 nitrogen and oxygen atoms in total. The highest BCUT2D eigenvalue weighted by Crippen LogP contribution is 2.19. The Hall–Kier alpha value is -1.36. The number of aryl methyl sites for hydroxylation is 1. The third-order valence-corrected chi connectivity index (χ3v) is 2.44. The molecule has 0 aliphatic heterocycles. The van der Waals surface area contributed by atoms with Crippen molar-refractivity contribution in [3.05, 3.63) is 34.6 Å². The topological polar surface area (TPSA) is 23.8 Å². The number of hydrogen-bond donors (Lipinski definition) is 0. The maximum Gasteiger partial charge on any atom is 0.127 e. The van der Waals surface area contributed by atoms with Crippen molar-refractivity contribution in [3.63, 3.8) is 0 Å². The van der Waals surface area contributed by atoms with Gasteiger partial charge in [0.25, 0.3) is 0 Å². The molecule has 80 valence electrons. The molecular formula is C13H16FN. The molecule has 1 aromatic carbocycles. The Morgan fingerprint density at radius 2 is 1.87 bits per heavy atom. The van der Waals surface area contributed by atoms with Gasteiger partial charge in [-0.1, -0.05) is 26.7 Å². The van der Waals surface area contributed by atoms with Crippen molar-refractivity contribution in [2.24, 2.45) is 0 Å². The summed E-state index contributed by atoms with van der Waals surface area (Å²) < 4.78 is 13.7. The molecule has 0 saturated carbocycles. The van der Waals surface area contributed by atoms with E-state index in [0.717, 1.165) is 36.8 Å². The monoisotopic (exact) mass is 205 g/mol. The van der Waals surface area contributed by atoms with Gasteiger partial charge in [-0.25, -0.2) is 4.39 Å². The molecule has 0 heterocycles. The van der Waals surface area contributed by atoms with E-state index in [1.807, 2.05) is 19.1 Å². The van der Waals surface area contributed by atoms with E-state index >= 15 is 0 Å². The van der Waals surface area contributed by atoms with E-state index in [4.69, 9.17) is 5.26 Å². The smallest absolute Gasteiger partial charge is 0.127 e. The summed E-state index contributed by atoms with van der Waals surface area (Å²) in [5.41, 5.74) is 2.21. The predicted molar refractivity (Wildman–Crippen MR) is 59.1 cm³/mol. The van der Waals surface area contributed by atoms with Gasteiger partial charge in [0.2, 0.25) is 0 Å². The Labute approximate surface area is 90.5 Å². The first-order valence-electron chi connectivity index (χ1n) is 5.44. The van der Waals surface area contributed by atoms with Crippen LogP contribution in [0, 0.1) is 17.1 Å². The van der Waals surface area contributed by atoms with Crippen LogP contribution in [-0.4, -0.2) is 0 Å². The van der Waals surface area contributed by atoms with Gasteiger partial charge in [-0.2, -0.15) is 5.26 Å². The Bertz CT molecular complexity index is 377. The van der Waals surface area contributed by atoms with E-state index < -0.39 is 0 Å². The van der Waals surface area contributed by atoms with Gasteiger partial charge in [0.05, 0.1) is 11.6 Å². The summed E-state index contributed by atoms with van der Waals surface area (Å²) in [7, 11) is 0. The van der Waals surface area contributed by atoms with Crippen LogP contribution in [0.2, 0.25) is 0 Å².